The van der Waals surface area contributed by atoms with E-state index in [1.165, 1.54) is 154 Å². The van der Waals surface area contributed by atoms with Gasteiger partial charge in [-0.25, -0.2) is 0 Å². The molecule has 0 heteroatoms. The third-order valence-corrected chi connectivity index (χ3v) is 17.7. The van der Waals surface area contributed by atoms with Gasteiger partial charge in [-0.3, -0.25) is 0 Å². The number of aryl methyl sites for hydroxylation is 6. The highest BCUT2D eigenvalue weighted by Gasteiger charge is 2.08. The SMILES string of the molecule is Cc1ccc(-c2ccc3ccccc3c2)cc1.Cc1ccc(-c2cccc3ccccc23)cc1.Cc1ccc(-c2ccccc2)c2ccccc12.Cc1ccc2cc(-c3ccccc3)ccc2c1.Cc1ccc2ccccc2c1.Cc1cccc2c(-c3ccccc3)cccc12. The Labute approximate surface area is 567 Å². The predicted octanol–water partition coefficient (Wildman–Crippen LogP) is 27.2. The van der Waals surface area contributed by atoms with Gasteiger partial charge in [0, 0.05) is 0 Å². The summed E-state index contributed by atoms with van der Waals surface area (Å²) in [6.07, 6.45) is 0. The van der Waals surface area contributed by atoms with Crippen molar-refractivity contribution in [3.8, 4) is 55.6 Å². The van der Waals surface area contributed by atoms with Gasteiger partial charge in [-0.05, 0) is 185 Å². The minimum Gasteiger partial charge on any atom is -0.0622 e. The van der Waals surface area contributed by atoms with Crippen LogP contribution in [0.2, 0.25) is 0 Å². The van der Waals surface area contributed by atoms with Gasteiger partial charge in [-0.15, -0.1) is 0 Å². The van der Waals surface area contributed by atoms with Crippen molar-refractivity contribution in [2.45, 2.75) is 41.5 Å². The fraction of sp³-hybridized carbons (Fsp3) is 0.0625. The van der Waals surface area contributed by atoms with Crippen LogP contribution in [0.5, 0.6) is 0 Å². The smallest absolute Gasteiger partial charge is 0.0103 e. The van der Waals surface area contributed by atoms with E-state index in [1.807, 2.05) is 6.07 Å². The quantitative estimate of drug-likeness (QED) is 0.161. The highest BCUT2D eigenvalue weighted by molar-refractivity contribution is 6.00. The molecule has 17 aromatic rings. The van der Waals surface area contributed by atoms with E-state index in [4.69, 9.17) is 0 Å². The van der Waals surface area contributed by atoms with Gasteiger partial charge in [-0.2, -0.15) is 0 Å². The molecule has 464 valence electrons. The molecule has 0 aliphatic carbocycles. The maximum atomic E-state index is 2.25. The Kier molecular flexibility index (Phi) is 21.0. The van der Waals surface area contributed by atoms with Gasteiger partial charge >= 0.3 is 0 Å². The van der Waals surface area contributed by atoms with Crippen molar-refractivity contribution in [3.05, 3.63) is 409 Å². The van der Waals surface area contributed by atoms with Crippen LogP contribution in [0.25, 0.3) is 120 Å². The van der Waals surface area contributed by atoms with Crippen LogP contribution in [0.1, 0.15) is 33.4 Å². The molecule has 0 unspecified atom stereocenters. The van der Waals surface area contributed by atoms with E-state index in [1.54, 1.807) is 0 Å². The number of hydrogen-bond acceptors (Lipinski definition) is 0. The Bertz CT molecular complexity index is 5290. The lowest BCUT2D eigenvalue weighted by Gasteiger charge is -2.09. The summed E-state index contributed by atoms with van der Waals surface area (Å²) in [4.78, 5) is 0. The summed E-state index contributed by atoms with van der Waals surface area (Å²) in [6.45, 7) is 12.8. The second-order valence-corrected chi connectivity index (χ2v) is 24.8. The molecule has 0 nitrogen and oxygen atoms in total. The van der Waals surface area contributed by atoms with Crippen molar-refractivity contribution >= 4 is 64.6 Å². The molecular weight excluding hydrogens is 1150 g/mol. The van der Waals surface area contributed by atoms with Crippen LogP contribution in [0.3, 0.4) is 0 Å². The first-order valence-corrected chi connectivity index (χ1v) is 33.3. The van der Waals surface area contributed by atoms with Crippen LogP contribution in [0.15, 0.2) is 376 Å². The minimum atomic E-state index is 1.27. The van der Waals surface area contributed by atoms with Gasteiger partial charge in [0.25, 0.3) is 0 Å². The van der Waals surface area contributed by atoms with E-state index in [2.05, 4.69) is 412 Å². The molecule has 0 aliphatic rings. The highest BCUT2D eigenvalue weighted by Crippen LogP contribution is 2.34. The maximum absolute atomic E-state index is 2.25. The Morgan fingerprint density at radius 3 is 0.990 bits per heavy atom. The molecule has 0 bridgehead atoms. The first-order chi connectivity index (χ1) is 47.1. The summed E-state index contributed by atoms with van der Waals surface area (Å²) in [5, 5.41) is 15.8. The lowest BCUT2D eigenvalue weighted by Crippen LogP contribution is -1.83. The topological polar surface area (TPSA) is 0 Å². The molecule has 0 spiro atoms. The van der Waals surface area contributed by atoms with E-state index in [-0.39, 0.29) is 0 Å². The van der Waals surface area contributed by atoms with Gasteiger partial charge in [0.2, 0.25) is 0 Å². The van der Waals surface area contributed by atoms with E-state index < -0.39 is 0 Å². The lowest BCUT2D eigenvalue weighted by molar-refractivity contribution is 1.47. The average molecular weight is 1230 g/mol. The Balaban J connectivity index is 0.000000111. The zero-order chi connectivity index (χ0) is 66.0. The highest BCUT2D eigenvalue weighted by atomic mass is 14.1. The standard InChI is InChI=1S/5C17H14.C11H10/c1-13-9-11-15(12-10-13)17-8-4-6-14-5-2-3-7-16(14)17;1-13-7-5-12-17-15(13)10-6-11-16(17)14-8-3-2-4-9-14;1-13-11-12-16(14-7-3-2-4-8-14)17-10-6-5-9-15(13)17;1-13-6-8-15(9-7-13)17-11-10-14-4-2-3-5-16(14)12-17;1-13-7-8-17-12-16(10-9-15(17)11-13)14-5-3-2-4-6-14;1-9-6-7-10-4-2-3-5-11(10)8-9/h5*2-12H,1H3;2-8H,1H3. The lowest BCUT2D eigenvalue weighted by atomic mass is 9.96. The minimum absolute atomic E-state index is 1.27. The van der Waals surface area contributed by atoms with Crippen LogP contribution in [0.4, 0.5) is 0 Å². The second kappa shape index (κ2) is 31.3. The molecular formula is C96H80. The number of hydrogen-bond donors (Lipinski definition) is 0. The summed E-state index contributed by atoms with van der Waals surface area (Å²) < 4.78 is 0. The fourth-order valence-electron chi connectivity index (χ4n) is 12.5. The van der Waals surface area contributed by atoms with Crippen LogP contribution in [-0.2, 0) is 0 Å². The van der Waals surface area contributed by atoms with Crippen LogP contribution >= 0.6 is 0 Å². The zero-order valence-corrected chi connectivity index (χ0v) is 55.8. The largest absolute Gasteiger partial charge is 0.0622 e. The van der Waals surface area contributed by atoms with Gasteiger partial charge in [-0.1, -0.05) is 386 Å². The van der Waals surface area contributed by atoms with Crippen molar-refractivity contribution in [2.24, 2.45) is 0 Å². The van der Waals surface area contributed by atoms with Crippen LogP contribution in [-0.4, -0.2) is 0 Å². The molecule has 0 atom stereocenters. The van der Waals surface area contributed by atoms with Crippen molar-refractivity contribution < 1.29 is 0 Å². The van der Waals surface area contributed by atoms with Crippen LogP contribution in [0, 0.1) is 41.5 Å². The molecule has 0 aliphatic heterocycles. The van der Waals surface area contributed by atoms with E-state index >= 15 is 0 Å². The molecule has 17 rings (SSSR count). The summed E-state index contributed by atoms with van der Waals surface area (Å²) >= 11 is 0. The summed E-state index contributed by atoms with van der Waals surface area (Å²) in [5.74, 6) is 0. The molecule has 17 aromatic carbocycles. The normalized spacial score (nSPS) is 10.6. The third-order valence-electron chi connectivity index (χ3n) is 17.7. The molecule has 96 heavy (non-hydrogen) atoms. The van der Waals surface area contributed by atoms with E-state index in [0.717, 1.165) is 0 Å². The van der Waals surface area contributed by atoms with Crippen molar-refractivity contribution in [1.29, 1.82) is 0 Å². The summed E-state index contributed by atoms with van der Waals surface area (Å²) in [6, 6.07) is 133. The van der Waals surface area contributed by atoms with Gasteiger partial charge in [0.1, 0.15) is 0 Å². The van der Waals surface area contributed by atoms with Crippen molar-refractivity contribution in [3.63, 3.8) is 0 Å². The van der Waals surface area contributed by atoms with Gasteiger partial charge in [0.15, 0.2) is 0 Å². The summed E-state index contributed by atoms with van der Waals surface area (Å²) in [7, 11) is 0. The third kappa shape index (κ3) is 16.2. The molecule has 0 fully saturated rings. The molecule has 0 heterocycles. The number of benzene rings is 17. The first-order valence-electron chi connectivity index (χ1n) is 33.3. The molecule has 0 amide bonds. The predicted molar refractivity (Wildman–Crippen MR) is 419 cm³/mol. The summed E-state index contributed by atoms with van der Waals surface area (Å²) in [5.41, 5.74) is 20.8. The van der Waals surface area contributed by atoms with Crippen molar-refractivity contribution in [1.82, 2.24) is 0 Å². The molecule has 0 saturated carbocycles. The molecule has 0 N–H and O–H groups in total. The molecule has 0 aromatic heterocycles. The Morgan fingerprint density at radius 2 is 0.427 bits per heavy atom. The van der Waals surface area contributed by atoms with E-state index in [9.17, 15) is 0 Å². The fourth-order valence-corrected chi connectivity index (χ4v) is 12.5. The average Bonchev–Trinajstić information content (AvgIpc) is 2.40. The monoisotopic (exact) mass is 1230 g/mol. The molecule has 0 saturated heterocycles. The van der Waals surface area contributed by atoms with Crippen molar-refractivity contribution in [2.75, 3.05) is 0 Å². The Morgan fingerprint density at radius 1 is 0.135 bits per heavy atom. The molecule has 0 radical (unpaired) electrons. The van der Waals surface area contributed by atoms with Gasteiger partial charge < -0.3 is 0 Å². The second-order valence-electron chi connectivity index (χ2n) is 24.8. The van der Waals surface area contributed by atoms with Gasteiger partial charge in [0.05, 0.1) is 0 Å². The first kappa shape index (κ1) is 64.4. The number of rotatable bonds is 5. The van der Waals surface area contributed by atoms with E-state index in [0.29, 0.717) is 0 Å². The Hall–Kier alpha value is -11.7. The van der Waals surface area contributed by atoms with Crippen LogP contribution < -0.4 is 0 Å². The maximum Gasteiger partial charge on any atom is -0.0103 e. The zero-order valence-electron chi connectivity index (χ0n) is 55.8. The number of fused-ring (bicyclic) bond motifs is 6.